The minimum Gasteiger partial charge on any atom is -0.495 e. The normalized spacial score (nSPS) is 11.9. The molecule has 0 radical (unpaired) electrons. The van der Waals surface area contributed by atoms with Crippen LogP contribution in [0.2, 0.25) is 5.02 Å². The van der Waals surface area contributed by atoms with Gasteiger partial charge >= 0.3 is 0 Å². The molecule has 0 unspecified atom stereocenters. The number of methoxy groups -OCH3 is 1. The number of hydrogen-bond donors (Lipinski definition) is 1. The van der Waals surface area contributed by atoms with Crippen molar-refractivity contribution in [3.8, 4) is 17.2 Å². The third-order valence-corrected chi connectivity index (χ3v) is 4.96. The Labute approximate surface area is 178 Å². The van der Waals surface area contributed by atoms with Crippen LogP contribution in [-0.4, -0.2) is 17.3 Å². The maximum absolute atomic E-state index is 13.7. The first-order valence-electron chi connectivity index (χ1n) is 9.30. The van der Waals surface area contributed by atoms with Crippen LogP contribution < -0.4 is 10.1 Å². The fraction of sp³-hybridized carbons (Fsp3) is 0.130. The number of nitrogens with zero attached hydrogens (tertiary/aromatic N) is 2. The minimum absolute atomic E-state index is 0.249. The molecule has 5 nitrogen and oxygen atoms in total. The van der Waals surface area contributed by atoms with Crippen LogP contribution in [0, 0.1) is 12.7 Å². The van der Waals surface area contributed by atoms with Crippen LogP contribution in [-0.2, 0) is 0 Å². The molecule has 0 saturated heterocycles. The first-order chi connectivity index (χ1) is 14.5. The van der Waals surface area contributed by atoms with Crippen LogP contribution in [0.3, 0.4) is 0 Å². The van der Waals surface area contributed by atoms with Crippen molar-refractivity contribution in [2.45, 2.75) is 13.0 Å². The van der Waals surface area contributed by atoms with Crippen molar-refractivity contribution in [2.75, 3.05) is 12.4 Å². The Morgan fingerprint density at radius 3 is 2.57 bits per heavy atom. The molecule has 152 valence electrons. The van der Waals surface area contributed by atoms with Gasteiger partial charge in [0.15, 0.2) is 0 Å². The van der Waals surface area contributed by atoms with E-state index in [2.05, 4.69) is 15.5 Å². The van der Waals surface area contributed by atoms with Crippen molar-refractivity contribution in [2.24, 2.45) is 0 Å². The monoisotopic (exact) mass is 423 g/mol. The quantitative estimate of drug-likeness (QED) is 0.409. The van der Waals surface area contributed by atoms with Gasteiger partial charge in [-0.05, 0) is 48.9 Å². The number of rotatable bonds is 6. The first kappa shape index (κ1) is 19.9. The van der Waals surface area contributed by atoms with E-state index in [0.717, 1.165) is 16.8 Å². The highest BCUT2D eigenvalue weighted by molar-refractivity contribution is 6.31. The van der Waals surface area contributed by atoms with E-state index in [1.807, 2.05) is 55.5 Å². The minimum atomic E-state index is -0.612. The van der Waals surface area contributed by atoms with E-state index >= 15 is 0 Å². The van der Waals surface area contributed by atoms with Gasteiger partial charge < -0.3 is 14.5 Å². The number of aryl methyl sites for hydroxylation is 1. The number of aromatic nitrogens is 2. The van der Waals surface area contributed by atoms with Gasteiger partial charge in [-0.15, -0.1) is 10.2 Å². The molecule has 0 aliphatic heterocycles. The highest BCUT2D eigenvalue weighted by atomic mass is 35.5. The number of benzene rings is 3. The van der Waals surface area contributed by atoms with Crippen molar-refractivity contribution in [3.05, 3.63) is 94.6 Å². The second-order valence-corrected chi connectivity index (χ2v) is 7.17. The van der Waals surface area contributed by atoms with Crippen molar-refractivity contribution in [3.63, 3.8) is 0 Å². The Morgan fingerprint density at radius 1 is 1.03 bits per heavy atom. The third-order valence-electron chi connectivity index (χ3n) is 4.64. The molecule has 4 rings (SSSR count). The summed E-state index contributed by atoms with van der Waals surface area (Å²) in [5.74, 6) is 0.899. The maximum Gasteiger partial charge on any atom is 0.247 e. The molecular formula is C23H19ClFN3O2. The van der Waals surface area contributed by atoms with Gasteiger partial charge in [-0.2, -0.15) is 0 Å². The first-order valence-corrected chi connectivity index (χ1v) is 9.68. The molecule has 0 aliphatic rings. The molecule has 0 fully saturated rings. The summed E-state index contributed by atoms with van der Waals surface area (Å²) in [5, 5.41) is 12.0. The second kappa shape index (κ2) is 8.55. The Kier molecular flexibility index (Phi) is 5.68. The van der Waals surface area contributed by atoms with Crippen molar-refractivity contribution >= 4 is 17.3 Å². The zero-order chi connectivity index (χ0) is 21.1. The van der Waals surface area contributed by atoms with Crippen LogP contribution >= 0.6 is 11.6 Å². The van der Waals surface area contributed by atoms with Crippen molar-refractivity contribution in [1.29, 1.82) is 0 Å². The highest BCUT2D eigenvalue weighted by Gasteiger charge is 2.25. The Balaban J connectivity index is 1.79. The van der Waals surface area contributed by atoms with E-state index in [4.69, 9.17) is 20.8 Å². The van der Waals surface area contributed by atoms with Gasteiger partial charge in [0.25, 0.3) is 0 Å². The molecule has 4 aromatic rings. The molecule has 30 heavy (non-hydrogen) atoms. The van der Waals surface area contributed by atoms with Crippen molar-refractivity contribution < 1.29 is 13.5 Å². The summed E-state index contributed by atoms with van der Waals surface area (Å²) in [7, 11) is 1.59. The SMILES string of the molecule is COc1ccc(C)cc1N[C@H](c1nnc(-c2ccccc2)o1)c1ccc(F)cc1Cl. The molecule has 7 heteroatoms. The van der Waals surface area contributed by atoms with E-state index in [1.54, 1.807) is 13.2 Å². The molecule has 0 aliphatic carbocycles. The lowest BCUT2D eigenvalue weighted by molar-refractivity contribution is 0.415. The third kappa shape index (κ3) is 4.14. The zero-order valence-corrected chi connectivity index (χ0v) is 17.2. The topological polar surface area (TPSA) is 60.2 Å². The van der Waals surface area contributed by atoms with E-state index in [-0.39, 0.29) is 5.02 Å². The van der Waals surface area contributed by atoms with Gasteiger partial charge in [-0.25, -0.2) is 4.39 Å². The summed E-state index contributed by atoms with van der Waals surface area (Å²) in [6.45, 7) is 1.98. The number of hydrogen-bond acceptors (Lipinski definition) is 5. The number of nitrogens with one attached hydrogen (secondary N) is 1. The average Bonchev–Trinajstić information content (AvgIpc) is 3.23. The molecule has 0 spiro atoms. The predicted molar refractivity (Wildman–Crippen MR) is 114 cm³/mol. The second-order valence-electron chi connectivity index (χ2n) is 6.76. The molecule has 0 saturated carbocycles. The Bertz CT molecular complexity index is 1160. The summed E-state index contributed by atoms with van der Waals surface area (Å²) in [6, 6.07) is 18.8. The van der Waals surface area contributed by atoms with Crippen LogP contribution in [0.1, 0.15) is 23.1 Å². The van der Waals surface area contributed by atoms with Gasteiger partial charge in [0.2, 0.25) is 11.8 Å². The smallest absolute Gasteiger partial charge is 0.247 e. The summed E-state index contributed by atoms with van der Waals surface area (Å²) < 4.78 is 25.1. The number of ether oxygens (including phenoxy) is 1. The Morgan fingerprint density at radius 2 is 1.83 bits per heavy atom. The van der Waals surface area contributed by atoms with Gasteiger partial charge in [-0.3, -0.25) is 0 Å². The molecule has 1 heterocycles. The number of halogens is 2. The van der Waals surface area contributed by atoms with Crippen LogP contribution in [0.4, 0.5) is 10.1 Å². The van der Waals surface area contributed by atoms with Gasteiger partial charge in [0.05, 0.1) is 12.8 Å². The largest absolute Gasteiger partial charge is 0.495 e. The molecular weight excluding hydrogens is 405 g/mol. The fourth-order valence-electron chi connectivity index (χ4n) is 3.15. The standard InChI is InChI=1S/C23H19ClFN3O2/c1-14-8-11-20(29-2)19(12-14)26-21(17-10-9-16(25)13-18(17)24)23-28-27-22(30-23)15-6-4-3-5-7-15/h3-13,21,26H,1-2H3/t21-/m0/s1. The molecule has 3 aromatic carbocycles. The molecule has 1 N–H and O–H groups in total. The lowest BCUT2D eigenvalue weighted by atomic mass is 10.1. The van der Waals surface area contributed by atoms with E-state index in [1.165, 1.54) is 12.1 Å². The molecule has 0 amide bonds. The molecule has 1 atom stereocenters. The van der Waals surface area contributed by atoms with Gasteiger partial charge in [-0.1, -0.05) is 41.9 Å². The average molecular weight is 424 g/mol. The Hall–Kier alpha value is -3.38. The summed E-state index contributed by atoms with van der Waals surface area (Å²) in [4.78, 5) is 0. The summed E-state index contributed by atoms with van der Waals surface area (Å²) in [5.41, 5.74) is 3.17. The van der Waals surface area contributed by atoms with Crippen LogP contribution in [0.5, 0.6) is 5.75 Å². The van der Waals surface area contributed by atoms with Crippen LogP contribution in [0.15, 0.2) is 71.1 Å². The van der Waals surface area contributed by atoms with Crippen LogP contribution in [0.25, 0.3) is 11.5 Å². The summed E-state index contributed by atoms with van der Waals surface area (Å²) >= 11 is 6.37. The fourth-order valence-corrected chi connectivity index (χ4v) is 3.42. The van der Waals surface area contributed by atoms with E-state index in [9.17, 15) is 4.39 Å². The molecule has 1 aromatic heterocycles. The number of anilines is 1. The summed E-state index contributed by atoms with van der Waals surface area (Å²) in [6.07, 6.45) is 0. The van der Waals surface area contributed by atoms with E-state index < -0.39 is 11.9 Å². The predicted octanol–water partition coefficient (Wildman–Crippen LogP) is 6.05. The zero-order valence-electron chi connectivity index (χ0n) is 16.4. The van der Waals surface area contributed by atoms with Gasteiger partial charge in [0.1, 0.15) is 17.6 Å². The highest BCUT2D eigenvalue weighted by Crippen LogP contribution is 2.36. The molecule has 0 bridgehead atoms. The lowest BCUT2D eigenvalue weighted by Crippen LogP contribution is -2.14. The maximum atomic E-state index is 13.7. The van der Waals surface area contributed by atoms with Crippen molar-refractivity contribution in [1.82, 2.24) is 10.2 Å². The van der Waals surface area contributed by atoms with Gasteiger partial charge in [0, 0.05) is 16.1 Å². The van der Waals surface area contributed by atoms with E-state index in [0.29, 0.717) is 23.1 Å². The lowest BCUT2D eigenvalue weighted by Gasteiger charge is -2.20.